The molecular formula is C23H26N2O4. The Labute approximate surface area is 170 Å². The summed E-state index contributed by atoms with van der Waals surface area (Å²) in [6, 6.07) is 14.5. The molecule has 152 valence electrons. The smallest absolute Gasteiger partial charge is 0.199 e. The molecule has 0 aliphatic carbocycles. The molecule has 0 bridgehead atoms. The van der Waals surface area contributed by atoms with Crippen molar-refractivity contribution in [1.82, 2.24) is 0 Å². The lowest BCUT2D eigenvalue weighted by Gasteiger charge is -2.22. The lowest BCUT2D eigenvalue weighted by molar-refractivity contribution is 0.263. The first-order valence-corrected chi connectivity index (χ1v) is 9.89. The minimum Gasteiger partial charge on any atom is -0.508 e. The summed E-state index contributed by atoms with van der Waals surface area (Å²) < 4.78 is 11.8. The highest BCUT2D eigenvalue weighted by atomic mass is 16.5. The number of nitrogens with zero attached hydrogens (tertiary/aromatic N) is 2. The van der Waals surface area contributed by atoms with Crippen molar-refractivity contribution in [1.29, 1.82) is 0 Å². The number of para-hydroxylation sites is 2. The summed E-state index contributed by atoms with van der Waals surface area (Å²) in [6.45, 7) is 4.94. The van der Waals surface area contributed by atoms with Crippen molar-refractivity contribution in [3.8, 4) is 11.5 Å². The molecule has 4 rings (SSSR count). The Bertz CT molecular complexity index is 876. The fraction of sp³-hybridized carbons (Fsp3) is 0.391. The lowest BCUT2D eigenvalue weighted by atomic mass is 9.93. The van der Waals surface area contributed by atoms with Crippen molar-refractivity contribution < 1.29 is 19.7 Å². The van der Waals surface area contributed by atoms with Crippen LogP contribution in [0.5, 0.6) is 11.5 Å². The van der Waals surface area contributed by atoms with Gasteiger partial charge in [-0.3, -0.25) is 0 Å². The van der Waals surface area contributed by atoms with Crippen molar-refractivity contribution in [2.24, 2.45) is 15.4 Å². The van der Waals surface area contributed by atoms with Crippen LogP contribution in [0.15, 0.2) is 58.5 Å². The Balaban J connectivity index is 1.45. The van der Waals surface area contributed by atoms with E-state index < -0.39 is 5.41 Å². The molecule has 6 nitrogen and oxygen atoms in total. The van der Waals surface area contributed by atoms with Gasteiger partial charge in [0.25, 0.3) is 0 Å². The maximum Gasteiger partial charge on any atom is 0.199 e. The Morgan fingerprint density at radius 1 is 0.793 bits per heavy atom. The summed E-state index contributed by atoms with van der Waals surface area (Å²) in [5.41, 5.74) is 1.16. The zero-order valence-corrected chi connectivity index (χ0v) is 16.7. The van der Waals surface area contributed by atoms with E-state index in [1.54, 1.807) is 12.1 Å². The van der Waals surface area contributed by atoms with Crippen molar-refractivity contribution in [2.75, 3.05) is 13.2 Å². The summed E-state index contributed by atoms with van der Waals surface area (Å²) >= 11 is 0. The number of hydrogen-bond donors (Lipinski definition) is 2. The number of aliphatic imine (C=N–C) groups is 2. The summed E-state index contributed by atoms with van der Waals surface area (Å²) in [5.74, 6) is 1.79. The largest absolute Gasteiger partial charge is 0.508 e. The van der Waals surface area contributed by atoms with Crippen LogP contribution in [0.1, 0.15) is 25.0 Å². The van der Waals surface area contributed by atoms with Crippen LogP contribution in [0.4, 0.5) is 0 Å². The number of phenols is 2. The molecule has 0 unspecified atom stereocenters. The minimum absolute atomic E-state index is 0.0448. The van der Waals surface area contributed by atoms with Gasteiger partial charge < -0.3 is 19.7 Å². The lowest BCUT2D eigenvalue weighted by Crippen LogP contribution is -2.34. The van der Waals surface area contributed by atoms with E-state index in [4.69, 9.17) is 19.5 Å². The molecule has 2 aromatic rings. The second-order valence-corrected chi connectivity index (χ2v) is 8.09. The molecule has 0 amide bonds. The van der Waals surface area contributed by atoms with E-state index in [2.05, 4.69) is 0 Å². The van der Waals surface area contributed by atoms with Crippen LogP contribution < -0.4 is 0 Å². The van der Waals surface area contributed by atoms with Crippen LogP contribution >= 0.6 is 0 Å². The molecule has 29 heavy (non-hydrogen) atoms. The number of benzene rings is 2. The molecule has 0 saturated carbocycles. The fourth-order valence-electron chi connectivity index (χ4n) is 3.69. The van der Waals surface area contributed by atoms with E-state index in [1.165, 1.54) is 0 Å². The molecule has 0 aromatic heterocycles. The average Bonchev–Trinajstić information content (AvgIpc) is 3.36. The maximum atomic E-state index is 9.99. The van der Waals surface area contributed by atoms with Crippen molar-refractivity contribution in [3.63, 3.8) is 0 Å². The predicted molar refractivity (Wildman–Crippen MR) is 112 cm³/mol. The van der Waals surface area contributed by atoms with E-state index in [9.17, 15) is 10.2 Å². The van der Waals surface area contributed by atoms with E-state index in [1.807, 2.05) is 50.2 Å². The van der Waals surface area contributed by atoms with Gasteiger partial charge >= 0.3 is 0 Å². The maximum absolute atomic E-state index is 9.99. The van der Waals surface area contributed by atoms with Gasteiger partial charge in [0.2, 0.25) is 0 Å². The quantitative estimate of drug-likeness (QED) is 0.785. The first-order chi connectivity index (χ1) is 13.9. The molecule has 2 aliphatic heterocycles. The number of aromatic hydroxyl groups is 2. The molecule has 2 aliphatic rings. The molecule has 2 aromatic carbocycles. The number of rotatable bonds is 6. The van der Waals surface area contributed by atoms with E-state index >= 15 is 0 Å². The van der Waals surface area contributed by atoms with Gasteiger partial charge in [-0.1, -0.05) is 36.4 Å². The molecule has 0 radical (unpaired) electrons. The third-order valence-electron chi connectivity index (χ3n) is 5.39. The third kappa shape index (κ3) is 4.06. The highest BCUT2D eigenvalue weighted by molar-refractivity contribution is 6.05. The van der Waals surface area contributed by atoms with Crippen LogP contribution in [0.25, 0.3) is 0 Å². The average molecular weight is 394 g/mol. The van der Waals surface area contributed by atoms with E-state index in [0.717, 1.165) is 11.1 Å². The van der Waals surface area contributed by atoms with Crippen LogP contribution in [0.3, 0.4) is 0 Å². The molecule has 0 fully saturated rings. The van der Waals surface area contributed by atoms with Gasteiger partial charge in [0.1, 0.15) is 30.1 Å². The van der Waals surface area contributed by atoms with E-state index in [0.29, 0.717) is 37.9 Å². The van der Waals surface area contributed by atoms with Gasteiger partial charge in [0.15, 0.2) is 11.8 Å². The number of phenolic OH excluding ortho intramolecular Hbond substituents is 2. The monoisotopic (exact) mass is 394 g/mol. The standard InChI is InChI=1S/C23H26N2O4/c1-23(2,21-24-17(13-28-21)11-15-7-3-5-9-19(15)26)22-25-18(14-29-22)12-16-8-4-6-10-20(16)27/h3-10,17-18,26-27H,11-14H2,1-2H3/t17-,18-/m1/s1. The minimum atomic E-state index is -0.568. The van der Waals surface area contributed by atoms with Gasteiger partial charge in [0.05, 0.1) is 12.1 Å². The third-order valence-corrected chi connectivity index (χ3v) is 5.39. The Kier molecular flexibility index (Phi) is 5.18. The van der Waals surface area contributed by atoms with Crippen LogP contribution in [-0.4, -0.2) is 47.3 Å². The van der Waals surface area contributed by atoms with Gasteiger partial charge in [0, 0.05) is 12.8 Å². The molecule has 0 saturated heterocycles. The second-order valence-electron chi connectivity index (χ2n) is 8.09. The first-order valence-electron chi connectivity index (χ1n) is 9.89. The second kappa shape index (κ2) is 7.78. The highest BCUT2D eigenvalue weighted by Gasteiger charge is 2.41. The first kappa shape index (κ1) is 19.3. The van der Waals surface area contributed by atoms with Gasteiger partial charge in [-0.2, -0.15) is 0 Å². The molecule has 0 spiro atoms. The van der Waals surface area contributed by atoms with E-state index in [-0.39, 0.29) is 23.6 Å². The number of ether oxygens (including phenoxy) is 2. The van der Waals surface area contributed by atoms with Gasteiger partial charge in [-0.15, -0.1) is 0 Å². The molecule has 2 atom stereocenters. The van der Waals surface area contributed by atoms with Crippen molar-refractivity contribution in [2.45, 2.75) is 38.8 Å². The normalized spacial score (nSPS) is 21.3. The highest BCUT2D eigenvalue weighted by Crippen LogP contribution is 2.31. The molecule has 2 heterocycles. The van der Waals surface area contributed by atoms with Crippen molar-refractivity contribution >= 4 is 11.8 Å². The topological polar surface area (TPSA) is 83.6 Å². The summed E-state index contributed by atoms with van der Waals surface area (Å²) in [7, 11) is 0. The molecule has 6 heteroatoms. The SMILES string of the molecule is CC(C)(C1=N[C@H](Cc2ccccc2O)CO1)C1=N[C@H](Cc2ccccc2O)CO1. The predicted octanol–water partition coefficient (Wildman–Crippen LogP) is 3.50. The number of hydrogen-bond acceptors (Lipinski definition) is 6. The van der Waals surface area contributed by atoms with Crippen molar-refractivity contribution in [3.05, 3.63) is 59.7 Å². The van der Waals surface area contributed by atoms with Crippen LogP contribution in [-0.2, 0) is 22.3 Å². The Morgan fingerprint density at radius 2 is 1.21 bits per heavy atom. The van der Waals surface area contributed by atoms with Gasteiger partial charge in [-0.05, 0) is 37.1 Å². The van der Waals surface area contributed by atoms with Crippen LogP contribution in [0.2, 0.25) is 0 Å². The molecular weight excluding hydrogens is 368 g/mol. The van der Waals surface area contributed by atoms with Gasteiger partial charge in [-0.25, -0.2) is 9.98 Å². The Morgan fingerprint density at radius 3 is 1.62 bits per heavy atom. The summed E-state index contributed by atoms with van der Waals surface area (Å²) in [4.78, 5) is 9.49. The Hall–Kier alpha value is -3.02. The summed E-state index contributed by atoms with van der Waals surface area (Å²) in [5, 5.41) is 20.0. The zero-order valence-electron chi connectivity index (χ0n) is 16.7. The zero-order chi connectivity index (χ0) is 20.4. The summed E-state index contributed by atoms with van der Waals surface area (Å²) in [6.07, 6.45) is 1.24. The molecule has 2 N–H and O–H groups in total. The van der Waals surface area contributed by atoms with Crippen LogP contribution in [0, 0.1) is 5.41 Å². The fourth-order valence-corrected chi connectivity index (χ4v) is 3.69.